The fraction of sp³-hybridized carbons (Fsp3) is 0.0800. The van der Waals surface area contributed by atoms with Gasteiger partial charge in [-0.15, -0.1) is 0 Å². The molecule has 0 radical (unpaired) electrons. The summed E-state index contributed by atoms with van der Waals surface area (Å²) >= 11 is 0. The van der Waals surface area contributed by atoms with Crippen LogP contribution in [0.25, 0.3) is 6.08 Å². The Morgan fingerprint density at radius 2 is 1.77 bits per heavy atom. The number of aliphatic imine (C=N–C) groups is 1. The van der Waals surface area contributed by atoms with Crippen LogP contribution >= 0.6 is 0 Å². The highest BCUT2D eigenvalue weighted by Gasteiger charge is 2.44. The molecule has 30 heavy (non-hydrogen) atoms. The van der Waals surface area contributed by atoms with E-state index >= 15 is 0 Å². The fourth-order valence-electron chi connectivity index (χ4n) is 4.38. The van der Waals surface area contributed by atoms with Gasteiger partial charge >= 0.3 is 0 Å². The number of allylic oxidation sites excluding steroid dienone is 3. The number of fused-ring (bicyclic) bond motifs is 3. The number of hydrogen-bond donors (Lipinski definition) is 0. The zero-order valence-electron chi connectivity index (χ0n) is 15.9. The summed E-state index contributed by atoms with van der Waals surface area (Å²) in [5.74, 6) is 0.776. The molecule has 0 saturated heterocycles. The first kappa shape index (κ1) is 17.4. The molecular formula is C25H17NO3S. The van der Waals surface area contributed by atoms with Crippen LogP contribution in [0.2, 0.25) is 0 Å². The lowest BCUT2D eigenvalue weighted by molar-refractivity contribution is 0.196. The van der Waals surface area contributed by atoms with Gasteiger partial charge in [-0.1, -0.05) is 54.6 Å². The zero-order chi connectivity index (χ0) is 20.3. The molecule has 0 N–H and O–H groups in total. The summed E-state index contributed by atoms with van der Waals surface area (Å²) in [4.78, 5) is 4.89. The number of sulfone groups is 1. The molecule has 0 amide bonds. The van der Waals surface area contributed by atoms with E-state index in [1.54, 1.807) is 42.5 Å². The average molecular weight is 411 g/mol. The Kier molecular flexibility index (Phi) is 3.50. The van der Waals surface area contributed by atoms with Crippen LogP contribution in [0.4, 0.5) is 0 Å². The molecule has 2 aromatic carbocycles. The van der Waals surface area contributed by atoms with Gasteiger partial charge in [0.25, 0.3) is 0 Å². The minimum Gasteiger partial charge on any atom is -0.473 e. The molecule has 6 rings (SSSR count). The van der Waals surface area contributed by atoms with E-state index in [0.717, 1.165) is 33.6 Å². The average Bonchev–Trinajstić information content (AvgIpc) is 3.26. The van der Waals surface area contributed by atoms with Crippen molar-refractivity contribution in [3.63, 3.8) is 0 Å². The standard InChI is InChI=1S/C25H17NO3S/c27-30(28,21-7-2-1-3-8-21)22-12-11-19-5-4-6-20-13-17-9-10-18-15-26-16-23(18)24(17)29-25(19,20)14-22/h1-15H,16H2. The van der Waals surface area contributed by atoms with Crippen molar-refractivity contribution in [3.8, 4) is 5.75 Å². The van der Waals surface area contributed by atoms with E-state index < -0.39 is 15.4 Å². The molecule has 1 spiro atoms. The van der Waals surface area contributed by atoms with Crippen molar-refractivity contribution in [1.29, 1.82) is 0 Å². The Morgan fingerprint density at radius 3 is 2.63 bits per heavy atom. The van der Waals surface area contributed by atoms with E-state index in [9.17, 15) is 8.42 Å². The highest BCUT2D eigenvalue weighted by Crippen LogP contribution is 2.48. The number of rotatable bonds is 2. The van der Waals surface area contributed by atoms with Gasteiger partial charge in [-0.05, 0) is 30.4 Å². The van der Waals surface area contributed by atoms with E-state index in [0.29, 0.717) is 6.54 Å². The van der Waals surface area contributed by atoms with Gasteiger partial charge in [-0.3, -0.25) is 4.99 Å². The molecule has 2 aliphatic carbocycles. The second kappa shape index (κ2) is 6.03. The van der Waals surface area contributed by atoms with E-state index in [4.69, 9.17) is 4.74 Å². The van der Waals surface area contributed by atoms with Crippen LogP contribution in [-0.4, -0.2) is 20.2 Å². The van der Waals surface area contributed by atoms with Gasteiger partial charge in [-0.25, -0.2) is 8.42 Å². The molecular weight excluding hydrogens is 394 g/mol. The lowest BCUT2D eigenvalue weighted by atomic mass is 9.77. The minimum atomic E-state index is -3.67. The van der Waals surface area contributed by atoms with Crippen LogP contribution in [-0.2, 0) is 16.4 Å². The molecule has 0 bridgehead atoms. The monoisotopic (exact) mass is 411 g/mol. The lowest BCUT2D eigenvalue weighted by Gasteiger charge is -2.41. The highest BCUT2D eigenvalue weighted by atomic mass is 32.2. The zero-order valence-corrected chi connectivity index (χ0v) is 16.8. The lowest BCUT2D eigenvalue weighted by Crippen LogP contribution is -2.42. The molecule has 5 heteroatoms. The predicted octanol–water partition coefficient (Wildman–Crippen LogP) is 4.56. The second-order valence-corrected chi connectivity index (χ2v) is 9.59. The minimum absolute atomic E-state index is 0.235. The van der Waals surface area contributed by atoms with Crippen LogP contribution in [0.3, 0.4) is 0 Å². The van der Waals surface area contributed by atoms with Crippen LogP contribution in [0.1, 0.15) is 16.7 Å². The maximum atomic E-state index is 13.3. The van der Waals surface area contributed by atoms with Crippen molar-refractivity contribution < 1.29 is 13.2 Å². The molecule has 146 valence electrons. The van der Waals surface area contributed by atoms with E-state index in [-0.39, 0.29) is 9.80 Å². The number of nitrogens with zero attached hydrogens (tertiary/aromatic N) is 1. The summed E-state index contributed by atoms with van der Waals surface area (Å²) in [6.45, 7) is 0.571. The molecule has 0 aromatic heterocycles. The van der Waals surface area contributed by atoms with Gasteiger partial charge in [0.05, 0.1) is 16.3 Å². The van der Waals surface area contributed by atoms with Gasteiger partial charge in [-0.2, -0.15) is 0 Å². The first-order valence-corrected chi connectivity index (χ1v) is 11.2. The predicted molar refractivity (Wildman–Crippen MR) is 117 cm³/mol. The molecule has 1 unspecified atom stereocenters. The summed E-state index contributed by atoms with van der Waals surface area (Å²) in [7, 11) is -3.67. The maximum Gasteiger partial charge on any atom is 0.206 e. The van der Waals surface area contributed by atoms with Crippen LogP contribution in [0, 0.1) is 0 Å². The first-order valence-electron chi connectivity index (χ1n) is 9.75. The summed E-state index contributed by atoms with van der Waals surface area (Å²) in [5.41, 5.74) is 3.93. The number of ether oxygens (including phenoxy) is 1. The van der Waals surface area contributed by atoms with Crippen LogP contribution < -0.4 is 4.74 Å². The Labute approximate surface area is 174 Å². The highest BCUT2D eigenvalue weighted by molar-refractivity contribution is 7.95. The largest absolute Gasteiger partial charge is 0.473 e. The quantitative estimate of drug-likeness (QED) is 0.728. The smallest absolute Gasteiger partial charge is 0.206 e. The second-order valence-electron chi connectivity index (χ2n) is 7.64. The third-order valence-corrected chi connectivity index (χ3v) is 7.69. The Balaban J connectivity index is 1.55. The summed E-state index contributed by atoms with van der Waals surface area (Å²) in [5, 5.41) is 0. The molecule has 4 aliphatic rings. The van der Waals surface area contributed by atoms with E-state index in [1.165, 1.54) is 0 Å². The van der Waals surface area contributed by atoms with Crippen molar-refractivity contribution in [2.75, 3.05) is 0 Å². The maximum absolute atomic E-state index is 13.3. The third-order valence-electron chi connectivity index (χ3n) is 5.93. The third kappa shape index (κ3) is 2.33. The van der Waals surface area contributed by atoms with Crippen molar-refractivity contribution in [1.82, 2.24) is 0 Å². The fourth-order valence-corrected chi connectivity index (χ4v) is 5.74. The van der Waals surface area contributed by atoms with Gasteiger partial charge in [0.15, 0.2) is 5.60 Å². The molecule has 0 fully saturated rings. The van der Waals surface area contributed by atoms with Crippen LogP contribution in [0.5, 0.6) is 5.75 Å². The number of benzene rings is 2. The molecule has 0 saturated carbocycles. The van der Waals surface area contributed by atoms with Gasteiger partial charge in [0.2, 0.25) is 9.84 Å². The first-order chi connectivity index (χ1) is 14.6. The van der Waals surface area contributed by atoms with Crippen molar-refractivity contribution in [3.05, 3.63) is 112 Å². The topological polar surface area (TPSA) is 55.7 Å². The van der Waals surface area contributed by atoms with Gasteiger partial charge < -0.3 is 4.74 Å². The summed E-state index contributed by atoms with van der Waals surface area (Å²) in [6.07, 6.45) is 15.1. The van der Waals surface area contributed by atoms with Gasteiger partial charge in [0.1, 0.15) is 5.75 Å². The Morgan fingerprint density at radius 1 is 0.933 bits per heavy atom. The number of hydrogen-bond acceptors (Lipinski definition) is 4. The normalized spacial score (nSPS) is 22.7. The summed E-state index contributed by atoms with van der Waals surface area (Å²) in [6, 6.07) is 12.6. The molecule has 2 aliphatic heterocycles. The SMILES string of the molecule is O=S(=O)(C1=CC23Oc4c(ccc5c4CN=C5)C=C2C=CC=C3C=C1)c1ccccc1. The Hall–Kier alpha value is -3.44. The molecule has 4 nitrogen and oxygen atoms in total. The van der Waals surface area contributed by atoms with E-state index in [1.807, 2.05) is 42.7 Å². The van der Waals surface area contributed by atoms with E-state index in [2.05, 4.69) is 11.1 Å². The Bertz CT molecular complexity index is 1390. The molecule has 1 atom stereocenters. The van der Waals surface area contributed by atoms with Crippen molar-refractivity contribution in [2.24, 2.45) is 4.99 Å². The van der Waals surface area contributed by atoms with Gasteiger partial charge in [0, 0.05) is 34.1 Å². The van der Waals surface area contributed by atoms with Crippen molar-refractivity contribution in [2.45, 2.75) is 17.0 Å². The summed E-state index contributed by atoms with van der Waals surface area (Å²) < 4.78 is 33.3. The van der Waals surface area contributed by atoms with Crippen molar-refractivity contribution >= 4 is 22.1 Å². The molecule has 2 aromatic rings. The molecule has 2 heterocycles. The van der Waals surface area contributed by atoms with Crippen LogP contribution in [0.15, 0.2) is 105 Å².